The van der Waals surface area contributed by atoms with Gasteiger partial charge in [-0.15, -0.1) is 0 Å². The van der Waals surface area contributed by atoms with E-state index in [1.807, 2.05) is 65.2 Å². The summed E-state index contributed by atoms with van der Waals surface area (Å²) in [5, 5.41) is 1.61. The normalized spacial score (nSPS) is 14.6. The van der Waals surface area contributed by atoms with Gasteiger partial charge in [0.2, 0.25) is 5.71 Å². The second-order valence-electron chi connectivity index (χ2n) is 13.4. The van der Waals surface area contributed by atoms with Crippen molar-refractivity contribution in [1.29, 1.82) is 0 Å². The van der Waals surface area contributed by atoms with Gasteiger partial charge in [0.1, 0.15) is 22.5 Å². The minimum Gasteiger partial charge on any atom is -0.453 e. The first-order chi connectivity index (χ1) is 26.2. The van der Waals surface area contributed by atoms with Crippen LogP contribution in [0.2, 0.25) is 0 Å². The number of rotatable bonds is 5. The second kappa shape index (κ2) is 10.9. The Kier molecular flexibility index (Phi) is 5.27. The molecule has 0 aliphatic heterocycles. The zero-order valence-corrected chi connectivity index (χ0v) is 27.6. The number of fused-ring (bicyclic) bond motifs is 7. The van der Waals surface area contributed by atoms with Gasteiger partial charge in [-0.2, -0.15) is 0 Å². The van der Waals surface area contributed by atoms with E-state index in [0.29, 0.717) is 55.3 Å². The molecule has 0 radical (unpaired) electrons. The first-order valence-corrected chi connectivity index (χ1v) is 16.6. The lowest BCUT2D eigenvalue weighted by atomic mass is 9.88. The molecule has 4 aromatic heterocycles. The molecule has 5 aromatic carbocycles. The zero-order valence-electron chi connectivity index (χ0n) is 33.6. The molecule has 0 bridgehead atoms. The summed E-state index contributed by atoms with van der Waals surface area (Å²) >= 11 is 0. The maximum atomic E-state index is 8.68. The lowest BCUT2D eigenvalue weighted by molar-refractivity contribution is 0.651. The first-order valence-electron chi connectivity index (χ1n) is 19.6. The molecule has 5 nitrogen and oxygen atoms in total. The lowest BCUT2D eigenvalue weighted by Crippen LogP contribution is -2.10. The fraction of sp³-hybridized carbons (Fsp3) is 0.182. The minimum absolute atomic E-state index is 0.0264. The van der Waals surface area contributed by atoms with Crippen LogP contribution >= 0.6 is 0 Å². The molecule has 0 saturated carbocycles. The maximum absolute atomic E-state index is 8.68. The Labute approximate surface area is 293 Å². The summed E-state index contributed by atoms with van der Waals surface area (Å²) in [7, 11) is 0. The Bertz CT molecular complexity index is 2940. The molecule has 49 heavy (non-hydrogen) atoms. The summed E-state index contributed by atoms with van der Waals surface area (Å²) in [4.78, 5) is 10.1. The molecule has 0 amide bonds. The summed E-state index contributed by atoms with van der Waals surface area (Å²) < 4.78 is 66.9. The summed E-state index contributed by atoms with van der Waals surface area (Å²) in [5.74, 6) is 0.552. The fourth-order valence-electron chi connectivity index (χ4n) is 7.27. The van der Waals surface area contributed by atoms with Gasteiger partial charge in [0, 0.05) is 24.6 Å². The SMILES string of the molecule is [2H]C([2H])([2H])c1c2oc3c(-c4nc5cccc(C([2H])([2H])[2H])c5n4-c4c(C(C)C)cc(-c5ccccc5)cc4C(C)C)cccc3c2nc2oc3ccccc3c12. The molecular weight excluding hydrogens is 603 g/mol. The van der Waals surface area contributed by atoms with Crippen LogP contribution in [0.5, 0.6) is 0 Å². The Balaban J connectivity index is 1.43. The second-order valence-corrected chi connectivity index (χ2v) is 13.4. The van der Waals surface area contributed by atoms with E-state index >= 15 is 0 Å². The molecule has 0 unspecified atom stereocenters. The van der Waals surface area contributed by atoms with Gasteiger partial charge >= 0.3 is 0 Å². The van der Waals surface area contributed by atoms with Gasteiger partial charge in [-0.1, -0.05) is 94.4 Å². The van der Waals surface area contributed by atoms with Crippen molar-refractivity contribution < 1.29 is 17.1 Å². The van der Waals surface area contributed by atoms with Crippen LogP contribution in [0.15, 0.2) is 112 Å². The summed E-state index contributed by atoms with van der Waals surface area (Å²) in [6, 6.07) is 32.7. The van der Waals surface area contributed by atoms with E-state index < -0.39 is 13.7 Å². The minimum atomic E-state index is -2.57. The molecule has 0 N–H and O–H groups in total. The average molecular weight is 646 g/mol. The third-order valence-corrected chi connectivity index (χ3v) is 9.62. The number of hydrogen-bond donors (Lipinski definition) is 0. The average Bonchev–Trinajstić information content (AvgIpc) is 3.83. The number of furan rings is 2. The first kappa shape index (κ1) is 23.6. The van der Waals surface area contributed by atoms with Crippen molar-refractivity contribution in [3.63, 3.8) is 0 Å². The molecule has 0 atom stereocenters. The van der Waals surface area contributed by atoms with Crippen molar-refractivity contribution in [2.24, 2.45) is 0 Å². The van der Waals surface area contributed by atoms with Gasteiger partial charge in [0.05, 0.1) is 27.7 Å². The molecule has 9 aromatic rings. The number of aryl methyl sites for hydroxylation is 2. The number of imidazole rings is 1. The smallest absolute Gasteiger partial charge is 0.228 e. The third kappa shape index (κ3) is 4.38. The topological polar surface area (TPSA) is 57.0 Å². The van der Waals surface area contributed by atoms with Crippen LogP contribution in [0, 0.1) is 13.7 Å². The Morgan fingerprint density at radius 3 is 2.16 bits per heavy atom. The van der Waals surface area contributed by atoms with E-state index in [4.69, 9.17) is 27.0 Å². The molecule has 240 valence electrons. The number of benzene rings is 5. The largest absolute Gasteiger partial charge is 0.453 e. The highest BCUT2D eigenvalue weighted by Gasteiger charge is 2.27. The van der Waals surface area contributed by atoms with Crippen LogP contribution in [-0.4, -0.2) is 14.5 Å². The van der Waals surface area contributed by atoms with Crippen molar-refractivity contribution in [3.05, 3.63) is 125 Å². The molecule has 0 saturated heterocycles. The molecule has 4 heterocycles. The molecular formula is C44H37N3O2. The summed E-state index contributed by atoms with van der Waals surface area (Å²) in [6.07, 6.45) is 0. The van der Waals surface area contributed by atoms with Crippen molar-refractivity contribution in [2.75, 3.05) is 0 Å². The van der Waals surface area contributed by atoms with Gasteiger partial charge in [0.25, 0.3) is 0 Å². The molecule has 0 aliphatic carbocycles. The number of aromatic nitrogens is 3. The Morgan fingerprint density at radius 1 is 0.673 bits per heavy atom. The predicted octanol–water partition coefficient (Wildman–Crippen LogP) is 12.4. The maximum Gasteiger partial charge on any atom is 0.228 e. The number of para-hydroxylation sites is 3. The quantitative estimate of drug-likeness (QED) is 0.187. The van der Waals surface area contributed by atoms with Crippen molar-refractivity contribution in [2.45, 2.75) is 53.2 Å². The van der Waals surface area contributed by atoms with E-state index in [0.717, 1.165) is 27.9 Å². The zero-order chi connectivity index (χ0) is 38.6. The van der Waals surface area contributed by atoms with Gasteiger partial charge in [-0.25, -0.2) is 9.97 Å². The third-order valence-electron chi connectivity index (χ3n) is 9.62. The van der Waals surface area contributed by atoms with Crippen molar-refractivity contribution >= 4 is 55.2 Å². The van der Waals surface area contributed by atoms with Gasteiger partial charge in [0.15, 0.2) is 5.58 Å². The number of hydrogen-bond acceptors (Lipinski definition) is 4. The fourth-order valence-corrected chi connectivity index (χ4v) is 7.27. The van der Waals surface area contributed by atoms with Crippen LogP contribution in [0.25, 0.3) is 83.4 Å². The van der Waals surface area contributed by atoms with E-state index in [-0.39, 0.29) is 34.3 Å². The van der Waals surface area contributed by atoms with Crippen LogP contribution in [0.4, 0.5) is 0 Å². The highest BCUT2D eigenvalue weighted by atomic mass is 16.3. The van der Waals surface area contributed by atoms with E-state index in [2.05, 4.69) is 52.0 Å². The summed E-state index contributed by atoms with van der Waals surface area (Å²) in [5.41, 5.74) is 8.47. The summed E-state index contributed by atoms with van der Waals surface area (Å²) in [6.45, 7) is 3.55. The Hall–Kier alpha value is -5.68. The van der Waals surface area contributed by atoms with E-state index in [9.17, 15) is 0 Å². The van der Waals surface area contributed by atoms with E-state index in [1.54, 1.807) is 18.2 Å². The van der Waals surface area contributed by atoms with Gasteiger partial charge in [-0.3, -0.25) is 4.57 Å². The number of pyridine rings is 1. The monoisotopic (exact) mass is 645 g/mol. The van der Waals surface area contributed by atoms with Crippen LogP contribution in [0.1, 0.15) is 70.0 Å². The van der Waals surface area contributed by atoms with Crippen LogP contribution < -0.4 is 0 Å². The lowest BCUT2D eigenvalue weighted by Gasteiger charge is -2.24. The molecule has 0 fully saturated rings. The van der Waals surface area contributed by atoms with Crippen LogP contribution in [0.3, 0.4) is 0 Å². The highest BCUT2D eigenvalue weighted by Crippen LogP contribution is 2.44. The Morgan fingerprint density at radius 2 is 1.41 bits per heavy atom. The van der Waals surface area contributed by atoms with Crippen molar-refractivity contribution in [1.82, 2.24) is 14.5 Å². The number of nitrogens with zero attached hydrogens (tertiary/aromatic N) is 3. The molecule has 0 aliphatic rings. The standard InChI is InChI=1S/C44H37N3O2/c1-24(2)33-22-29(28-15-8-7-9-16-28)23-34(25(3)4)40(33)47-39-26(5)14-12-20-35(39)45-43(47)32-19-13-18-31-38-41(49-42(31)32)27(6)37-30-17-10-11-21-36(30)48-44(37)46-38/h7-25H,1-6H3/i5D3,6D3. The van der Waals surface area contributed by atoms with Gasteiger partial charge in [-0.05, 0) is 89.8 Å². The van der Waals surface area contributed by atoms with Gasteiger partial charge < -0.3 is 8.83 Å². The molecule has 0 spiro atoms. The predicted molar refractivity (Wildman–Crippen MR) is 202 cm³/mol. The van der Waals surface area contributed by atoms with Crippen LogP contribution in [-0.2, 0) is 0 Å². The molecule has 5 heteroatoms. The van der Waals surface area contributed by atoms with E-state index in [1.165, 1.54) is 0 Å². The van der Waals surface area contributed by atoms with Crippen molar-refractivity contribution in [3.8, 4) is 28.2 Å². The molecule has 9 rings (SSSR count). The highest BCUT2D eigenvalue weighted by molar-refractivity contribution is 6.15.